The molecule has 0 amide bonds. The van der Waals surface area contributed by atoms with Crippen LogP contribution >= 0.6 is 11.3 Å². The van der Waals surface area contributed by atoms with E-state index in [4.69, 9.17) is 5.73 Å². The maximum Gasteiger partial charge on any atom is 0.276 e. The molecule has 0 atom stereocenters. The van der Waals surface area contributed by atoms with Crippen molar-refractivity contribution in [2.45, 2.75) is 6.54 Å². The predicted octanol–water partition coefficient (Wildman–Crippen LogP) is 0.583. The smallest absolute Gasteiger partial charge is 0.276 e. The Bertz CT molecular complexity index is 725. The fourth-order valence-electron chi connectivity index (χ4n) is 1.65. The third-order valence-corrected chi connectivity index (χ3v) is 3.25. The third kappa shape index (κ3) is 1.70. The second-order valence-corrected chi connectivity index (χ2v) is 4.70. The van der Waals surface area contributed by atoms with Gasteiger partial charge in [0.1, 0.15) is 5.52 Å². The van der Waals surface area contributed by atoms with Crippen molar-refractivity contribution in [3.8, 4) is 0 Å². The van der Waals surface area contributed by atoms with Crippen LogP contribution < -0.4 is 11.3 Å². The zero-order valence-electron chi connectivity index (χ0n) is 8.78. The Balaban J connectivity index is 2.06. The van der Waals surface area contributed by atoms with E-state index in [1.54, 1.807) is 39.9 Å². The van der Waals surface area contributed by atoms with Gasteiger partial charge in [-0.05, 0) is 6.07 Å². The van der Waals surface area contributed by atoms with Crippen molar-refractivity contribution in [3.63, 3.8) is 0 Å². The normalized spacial score (nSPS) is 11.1. The van der Waals surface area contributed by atoms with Crippen LogP contribution in [0.3, 0.4) is 0 Å². The van der Waals surface area contributed by atoms with Gasteiger partial charge >= 0.3 is 0 Å². The summed E-state index contributed by atoms with van der Waals surface area (Å²) in [6, 6.07) is 1.69. The van der Waals surface area contributed by atoms with E-state index in [2.05, 4.69) is 10.1 Å². The Kier molecular flexibility index (Phi) is 2.19. The summed E-state index contributed by atoms with van der Waals surface area (Å²) in [5.74, 6) is 0. The second kappa shape index (κ2) is 3.70. The minimum Gasteiger partial charge on any atom is -0.375 e. The molecule has 6 nitrogen and oxygen atoms in total. The van der Waals surface area contributed by atoms with Crippen LogP contribution in [0, 0.1) is 0 Å². The van der Waals surface area contributed by atoms with E-state index in [1.165, 1.54) is 11.3 Å². The molecule has 17 heavy (non-hydrogen) atoms. The highest BCUT2D eigenvalue weighted by molar-refractivity contribution is 7.15. The highest BCUT2D eigenvalue weighted by atomic mass is 32.1. The van der Waals surface area contributed by atoms with Crippen LogP contribution in [0.15, 0.2) is 35.6 Å². The molecular weight excluding hydrogens is 238 g/mol. The van der Waals surface area contributed by atoms with Gasteiger partial charge in [-0.3, -0.25) is 4.79 Å². The van der Waals surface area contributed by atoms with E-state index in [0.717, 1.165) is 4.88 Å². The average Bonchev–Trinajstić information content (AvgIpc) is 2.92. The number of aromatic nitrogens is 4. The molecule has 0 spiro atoms. The summed E-state index contributed by atoms with van der Waals surface area (Å²) >= 11 is 1.38. The van der Waals surface area contributed by atoms with Gasteiger partial charge in [0.25, 0.3) is 5.56 Å². The molecule has 7 heteroatoms. The lowest BCUT2D eigenvalue weighted by molar-refractivity contribution is 0.750. The van der Waals surface area contributed by atoms with E-state index in [-0.39, 0.29) is 5.56 Å². The molecule has 0 aromatic carbocycles. The van der Waals surface area contributed by atoms with Crippen LogP contribution in [0.25, 0.3) is 5.52 Å². The number of nitrogen functional groups attached to an aromatic ring is 1. The number of nitrogens with zero attached hydrogens (tertiary/aromatic N) is 4. The summed E-state index contributed by atoms with van der Waals surface area (Å²) < 4.78 is 3.17. The summed E-state index contributed by atoms with van der Waals surface area (Å²) in [5.41, 5.74) is 6.04. The minimum atomic E-state index is -0.0722. The molecular formula is C10H9N5OS. The van der Waals surface area contributed by atoms with E-state index < -0.39 is 0 Å². The molecule has 3 rings (SSSR count). The molecule has 0 aliphatic carbocycles. The first-order valence-electron chi connectivity index (χ1n) is 4.97. The maximum atomic E-state index is 12.1. The maximum absolute atomic E-state index is 12.1. The lowest BCUT2D eigenvalue weighted by Gasteiger charge is -2.03. The van der Waals surface area contributed by atoms with Gasteiger partial charge in [-0.2, -0.15) is 5.10 Å². The van der Waals surface area contributed by atoms with E-state index in [0.29, 0.717) is 17.2 Å². The molecule has 3 aromatic heterocycles. The number of fused-ring (bicyclic) bond motifs is 1. The van der Waals surface area contributed by atoms with Crippen LogP contribution in [-0.4, -0.2) is 19.2 Å². The summed E-state index contributed by atoms with van der Waals surface area (Å²) in [7, 11) is 0. The van der Waals surface area contributed by atoms with Crippen molar-refractivity contribution in [2.75, 3.05) is 5.73 Å². The SMILES string of the molecule is Nc1ncc(Cn2ccn3nccc3c2=O)s1. The van der Waals surface area contributed by atoms with Crippen LogP contribution in [0.1, 0.15) is 4.88 Å². The molecule has 2 N–H and O–H groups in total. The van der Waals surface area contributed by atoms with Crippen molar-refractivity contribution >= 4 is 22.0 Å². The number of nitrogens with two attached hydrogens (primary N) is 1. The summed E-state index contributed by atoms with van der Waals surface area (Å²) in [5, 5.41) is 4.52. The Labute approximate surface area is 100.0 Å². The van der Waals surface area contributed by atoms with Crippen molar-refractivity contribution < 1.29 is 0 Å². The first kappa shape index (κ1) is 10.0. The van der Waals surface area contributed by atoms with Crippen molar-refractivity contribution in [1.82, 2.24) is 19.2 Å². The zero-order chi connectivity index (χ0) is 11.8. The summed E-state index contributed by atoms with van der Waals surface area (Å²) in [6.07, 6.45) is 6.75. The van der Waals surface area contributed by atoms with Gasteiger partial charge in [0, 0.05) is 23.5 Å². The quantitative estimate of drug-likeness (QED) is 0.718. The van der Waals surface area contributed by atoms with Gasteiger partial charge in [-0.25, -0.2) is 9.50 Å². The molecule has 0 saturated heterocycles. The van der Waals surface area contributed by atoms with Crippen molar-refractivity contribution in [2.24, 2.45) is 0 Å². The molecule has 86 valence electrons. The average molecular weight is 247 g/mol. The number of thiazole rings is 1. The third-order valence-electron chi connectivity index (χ3n) is 2.44. The Morgan fingerprint density at radius 1 is 1.41 bits per heavy atom. The largest absolute Gasteiger partial charge is 0.375 e. The van der Waals surface area contributed by atoms with Gasteiger partial charge in [0.2, 0.25) is 0 Å². The van der Waals surface area contributed by atoms with Crippen LogP contribution in [-0.2, 0) is 6.54 Å². The fourth-order valence-corrected chi connectivity index (χ4v) is 2.33. The molecule has 3 heterocycles. The van der Waals surface area contributed by atoms with Crippen LogP contribution in [0.4, 0.5) is 5.13 Å². The number of hydrogen-bond donors (Lipinski definition) is 1. The van der Waals surface area contributed by atoms with Gasteiger partial charge < -0.3 is 10.3 Å². The number of rotatable bonds is 2. The van der Waals surface area contributed by atoms with Gasteiger partial charge in [-0.1, -0.05) is 0 Å². The molecule has 0 aliphatic rings. The highest BCUT2D eigenvalue weighted by Crippen LogP contribution is 2.14. The Hall–Kier alpha value is -2.15. The Morgan fingerprint density at radius 2 is 2.29 bits per heavy atom. The van der Waals surface area contributed by atoms with Crippen LogP contribution in [0.5, 0.6) is 0 Å². The van der Waals surface area contributed by atoms with E-state index >= 15 is 0 Å². The first-order chi connectivity index (χ1) is 8.24. The minimum absolute atomic E-state index is 0.0722. The van der Waals surface area contributed by atoms with E-state index in [1.807, 2.05) is 0 Å². The van der Waals surface area contributed by atoms with Crippen molar-refractivity contribution in [1.29, 1.82) is 0 Å². The van der Waals surface area contributed by atoms with Crippen molar-refractivity contribution in [3.05, 3.63) is 46.1 Å². The zero-order valence-corrected chi connectivity index (χ0v) is 9.59. The lowest BCUT2D eigenvalue weighted by atomic mass is 10.4. The highest BCUT2D eigenvalue weighted by Gasteiger charge is 2.05. The molecule has 0 unspecified atom stereocenters. The molecule has 0 saturated carbocycles. The van der Waals surface area contributed by atoms with Gasteiger partial charge in [-0.15, -0.1) is 11.3 Å². The summed E-state index contributed by atoms with van der Waals surface area (Å²) in [6.45, 7) is 0.482. The van der Waals surface area contributed by atoms with Gasteiger partial charge in [0.05, 0.1) is 12.7 Å². The molecule has 0 fully saturated rings. The predicted molar refractivity (Wildman–Crippen MR) is 65.1 cm³/mol. The molecule has 0 bridgehead atoms. The molecule has 0 aliphatic heterocycles. The molecule has 0 radical (unpaired) electrons. The number of hydrogen-bond acceptors (Lipinski definition) is 5. The Morgan fingerprint density at radius 3 is 3.06 bits per heavy atom. The first-order valence-corrected chi connectivity index (χ1v) is 5.78. The summed E-state index contributed by atoms with van der Waals surface area (Å²) in [4.78, 5) is 17.0. The standard InChI is InChI=1S/C10H9N5OS/c11-10-12-5-7(17-10)6-14-3-4-15-8(9(14)16)1-2-13-15/h1-5H,6H2,(H2,11,12). The second-order valence-electron chi connectivity index (χ2n) is 3.56. The fraction of sp³-hybridized carbons (Fsp3) is 0.100. The van der Waals surface area contributed by atoms with Gasteiger partial charge in [0.15, 0.2) is 5.13 Å². The monoisotopic (exact) mass is 247 g/mol. The van der Waals surface area contributed by atoms with E-state index in [9.17, 15) is 4.79 Å². The van der Waals surface area contributed by atoms with Crippen LogP contribution in [0.2, 0.25) is 0 Å². The number of anilines is 1. The topological polar surface area (TPSA) is 78.2 Å². The lowest BCUT2D eigenvalue weighted by Crippen LogP contribution is -2.21. The molecule has 3 aromatic rings.